The number of carbonyl (C=O) groups is 1. The van der Waals surface area contributed by atoms with Crippen LogP contribution in [0.15, 0.2) is 57.7 Å². The molecule has 0 unspecified atom stereocenters. The molecule has 1 atom stereocenters. The predicted molar refractivity (Wildman–Crippen MR) is 85.0 cm³/mol. The molecule has 1 aliphatic heterocycles. The van der Waals surface area contributed by atoms with E-state index in [2.05, 4.69) is 18.1 Å². The van der Waals surface area contributed by atoms with E-state index < -0.39 is 0 Å². The first-order valence-corrected chi connectivity index (χ1v) is 7.62. The Kier molecular flexibility index (Phi) is 3.26. The van der Waals surface area contributed by atoms with E-state index in [9.17, 15) is 4.79 Å². The topological polar surface area (TPSA) is 59.5 Å². The summed E-state index contributed by atoms with van der Waals surface area (Å²) in [5, 5.41) is 3.98. The third-order valence-corrected chi connectivity index (χ3v) is 4.13. The van der Waals surface area contributed by atoms with Crippen molar-refractivity contribution >= 4 is 11.6 Å². The largest absolute Gasteiger partial charge is 0.461 e. The van der Waals surface area contributed by atoms with Gasteiger partial charge < -0.3 is 13.8 Å². The Bertz CT molecular complexity index is 836. The average Bonchev–Trinajstić information content (AvgIpc) is 3.25. The number of furan rings is 1. The van der Waals surface area contributed by atoms with Crippen LogP contribution < -0.4 is 4.90 Å². The molecule has 1 aromatic carbocycles. The van der Waals surface area contributed by atoms with E-state index >= 15 is 0 Å². The first-order valence-electron chi connectivity index (χ1n) is 7.62. The Hall–Kier alpha value is -2.82. The molecule has 0 radical (unpaired) electrons. The minimum atomic E-state index is 0.0294. The van der Waals surface area contributed by atoms with Crippen molar-refractivity contribution in [2.24, 2.45) is 0 Å². The van der Waals surface area contributed by atoms with E-state index in [1.807, 2.05) is 23.1 Å². The second-order valence-electron chi connectivity index (χ2n) is 5.78. The van der Waals surface area contributed by atoms with E-state index in [1.165, 1.54) is 5.56 Å². The Morgan fingerprint density at radius 3 is 2.96 bits per heavy atom. The molecule has 4 rings (SSSR count). The summed E-state index contributed by atoms with van der Waals surface area (Å²) in [5.41, 5.74) is 2.82. The van der Waals surface area contributed by atoms with Gasteiger partial charge >= 0.3 is 0 Å². The number of nitrogens with zero attached hydrogens (tertiary/aromatic N) is 2. The summed E-state index contributed by atoms with van der Waals surface area (Å²) in [4.78, 5) is 14.6. The van der Waals surface area contributed by atoms with Crippen LogP contribution >= 0.6 is 0 Å². The van der Waals surface area contributed by atoms with E-state index in [1.54, 1.807) is 24.5 Å². The van der Waals surface area contributed by atoms with Gasteiger partial charge in [-0.2, -0.15) is 0 Å². The number of benzene rings is 1. The molecule has 0 saturated heterocycles. The number of hydrogen-bond acceptors (Lipinski definition) is 4. The predicted octanol–water partition coefficient (Wildman–Crippen LogP) is 3.45. The van der Waals surface area contributed by atoms with Gasteiger partial charge in [-0.15, -0.1) is 0 Å². The van der Waals surface area contributed by atoms with Gasteiger partial charge in [0.2, 0.25) is 11.7 Å². The number of carbonyl (C=O) groups excluding carboxylic acids is 1. The molecule has 5 heteroatoms. The summed E-state index contributed by atoms with van der Waals surface area (Å²) >= 11 is 0. The van der Waals surface area contributed by atoms with Crippen LogP contribution in [0.3, 0.4) is 0 Å². The molecule has 3 aromatic rings. The molecular weight excluding hydrogens is 292 g/mol. The molecule has 0 saturated carbocycles. The number of anilines is 1. The van der Waals surface area contributed by atoms with Crippen molar-refractivity contribution in [3.05, 3.63) is 60.0 Å². The van der Waals surface area contributed by atoms with Crippen LogP contribution in [0.5, 0.6) is 0 Å². The summed E-state index contributed by atoms with van der Waals surface area (Å²) in [7, 11) is 0. The Morgan fingerprint density at radius 2 is 2.13 bits per heavy atom. The molecule has 1 aliphatic rings. The maximum absolute atomic E-state index is 12.7. The minimum absolute atomic E-state index is 0.0294. The number of rotatable bonds is 3. The van der Waals surface area contributed by atoms with Gasteiger partial charge in [0.25, 0.3) is 0 Å². The molecule has 0 bridgehead atoms. The third kappa shape index (κ3) is 2.44. The number of para-hydroxylation sites is 1. The molecule has 0 N–H and O–H groups in total. The first kappa shape index (κ1) is 13.8. The maximum Gasteiger partial charge on any atom is 0.233 e. The van der Waals surface area contributed by atoms with Gasteiger partial charge in [-0.1, -0.05) is 23.4 Å². The number of hydrogen-bond donors (Lipinski definition) is 0. The fourth-order valence-corrected chi connectivity index (χ4v) is 3.12. The SMILES string of the molecule is C[C@@H]1Cc2ccccc2N1C(=O)Cc1cc(-c2ccco2)on1. The van der Waals surface area contributed by atoms with Gasteiger partial charge in [0.05, 0.1) is 18.4 Å². The normalized spacial score (nSPS) is 16.6. The molecule has 116 valence electrons. The highest BCUT2D eigenvalue weighted by Crippen LogP contribution is 2.32. The summed E-state index contributed by atoms with van der Waals surface area (Å²) in [6.07, 6.45) is 2.67. The van der Waals surface area contributed by atoms with Crippen molar-refractivity contribution in [2.45, 2.75) is 25.8 Å². The van der Waals surface area contributed by atoms with E-state index in [-0.39, 0.29) is 18.4 Å². The fraction of sp³-hybridized carbons (Fsp3) is 0.222. The van der Waals surface area contributed by atoms with Crippen LogP contribution in [0, 0.1) is 0 Å². The zero-order chi connectivity index (χ0) is 15.8. The molecule has 0 spiro atoms. The van der Waals surface area contributed by atoms with Crippen molar-refractivity contribution in [2.75, 3.05) is 4.90 Å². The second kappa shape index (κ2) is 5.43. The minimum Gasteiger partial charge on any atom is -0.461 e. The fourth-order valence-electron chi connectivity index (χ4n) is 3.12. The van der Waals surface area contributed by atoms with Gasteiger partial charge in [0.15, 0.2) is 5.76 Å². The molecule has 5 nitrogen and oxygen atoms in total. The molecule has 23 heavy (non-hydrogen) atoms. The Balaban J connectivity index is 1.55. The third-order valence-electron chi connectivity index (χ3n) is 4.13. The smallest absolute Gasteiger partial charge is 0.233 e. The Labute approximate surface area is 133 Å². The summed E-state index contributed by atoms with van der Waals surface area (Å²) < 4.78 is 10.5. The lowest BCUT2D eigenvalue weighted by Crippen LogP contribution is -2.36. The molecule has 2 aromatic heterocycles. The van der Waals surface area contributed by atoms with Crippen LogP contribution in [0.25, 0.3) is 11.5 Å². The molecule has 3 heterocycles. The van der Waals surface area contributed by atoms with Gasteiger partial charge in [-0.05, 0) is 37.1 Å². The number of amides is 1. The maximum atomic E-state index is 12.7. The lowest BCUT2D eigenvalue weighted by molar-refractivity contribution is -0.118. The van der Waals surface area contributed by atoms with Crippen molar-refractivity contribution in [3.63, 3.8) is 0 Å². The molecule has 0 aliphatic carbocycles. The van der Waals surface area contributed by atoms with E-state index in [4.69, 9.17) is 8.94 Å². The summed E-state index contributed by atoms with van der Waals surface area (Å²) in [5.74, 6) is 1.17. The zero-order valence-electron chi connectivity index (χ0n) is 12.7. The quantitative estimate of drug-likeness (QED) is 0.743. The van der Waals surface area contributed by atoms with Crippen molar-refractivity contribution in [3.8, 4) is 11.5 Å². The molecule has 1 amide bonds. The number of fused-ring (bicyclic) bond motifs is 1. The zero-order valence-corrected chi connectivity index (χ0v) is 12.7. The van der Waals surface area contributed by atoms with E-state index in [0.29, 0.717) is 17.2 Å². The molecular formula is C18H16N2O3. The summed E-state index contributed by atoms with van der Waals surface area (Å²) in [6, 6.07) is 13.5. The van der Waals surface area contributed by atoms with Crippen LogP contribution in [-0.2, 0) is 17.6 Å². The highest BCUT2D eigenvalue weighted by molar-refractivity contribution is 5.97. The lowest BCUT2D eigenvalue weighted by Gasteiger charge is -2.22. The molecule has 0 fully saturated rings. The van der Waals surface area contributed by atoms with Crippen LogP contribution in [0.4, 0.5) is 5.69 Å². The van der Waals surface area contributed by atoms with Crippen LogP contribution in [0.2, 0.25) is 0 Å². The number of aromatic nitrogens is 1. The second-order valence-corrected chi connectivity index (χ2v) is 5.78. The lowest BCUT2D eigenvalue weighted by atomic mass is 10.1. The van der Waals surface area contributed by atoms with Crippen molar-refractivity contribution in [1.29, 1.82) is 0 Å². The van der Waals surface area contributed by atoms with Crippen molar-refractivity contribution in [1.82, 2.24) is 5.16 Å². The highest BCUT2D eigenvalue weighted by atomic mass is 16.5. The summed E-state index contributed by atoms with van der Waals surface area (Å²) in [6.45, 7) is 2.06. The standard InChI is InChI=1S/C18H16N2O3/c1-12-9-13-5-2-3-6-15(13)20(12)18(21)11-14-10-17(23-19-14)16-7-4-8-22-16/h2-8,10,12H,9,11H2,1H3/t12-/m1/s1. The van der Waals surface area contributed by atoms with Crippen LogP contribution in [0.1, 0.15) is 18.2 Å². The van der Waals surface area contributed by atoms with Crippen molar-refractivity contribution < 1.29 is 13.7 Å². The van der Waals surface area contributed by atoms with Gasteiger partial charge in [0.1, 0.15) is 0 Å². The Morgan fingerprint density at radius 1 is 1.26 bits per heavy atom. The first-order chi connectivity index (χ1) is 11.2. The average molecular weight is 308 g/mol. The highest BCUT2D eigenvalue weighted by Gasteiger charge is 2.30. The van der Waals surface area contributed by atoms with Gasteiger partial charge in [0, 0.05) is 17.8 Å². The van der Waals surface area contributed by atoms with Gasteiger partial charge in [-0.3, -0.25) is 4.79 Å². The monoisotopic (exact) mass is 308 g/mol. The van der Waals surface area contributed by atoms with Gasteiger partial charge in [-0.25, -0.2) is 0 Å². The van der Waals surface area contributed by atoms with E-state index in [0.717, 1.165) is 12.1 Å². The van der Waals surface area contributed by atoms with Crippen LogP contribution in [-0.4, -0.2) is 17.1 Å².